The fraction of sp³-hybridized carbons (Fsp3) is 0.800. The first-order chi connectivity index (χ1) is 9.34. The van der Waals surface area contributed by atoms with E-state index in [-0.39, 0.29) is 39.6 Å². The van der Waals surface area contributed by atoms with E-state index in [1.807, 2.05) is 0 Å². The van der Waals surface area contributed by atoms with E-state index in [0.717, 1.165) is 0 Å². The number of carbonyl (C=O) groups excluding carboxylic acids is 1. The molecule has 0 aromatic carbocycles. The molecule has 0 aromatic heterocycles. The molecule has 0 aliphatic rings. The Balaban J connectivity index is 3.21. The van der Waals surface area contributed by atoms with E-state index in [2.05, 4.69) is 4.74 Å². The summed E-state index contributed by atoms with van der Waals surface area (Å²) in [6, 6.07) is 0. The monoisotopic (exact) mass is 303 g/mol. The molecule has 0 rings (SSSR count). The van der Waals surface area contributed by atoms with Gasteiger partial charge in [0.1, 0.15) is 6.61 Å². The van der Waals surface area contributed by atoms with Gasteiger partial charge in [-0.25, -0.2) is 4.79 Å². The topological polar surface area (TPSA) is 94.1 Å². The molecule has 10 heteroatoms. The van der Waals surface area contributed by atoms with Gasteiger partial charge in [-0.2, -0.15) is 13.2 Å². The van der Waals surface area contributed by atoms with E-state index in [1.165, 1.54) is 0 Å². The van der Waals surface area contributed by atoms with E-state index in [4.69, 9.17) is 14.6 Å². The normalized spacial score (nSPS) is 11.3. The fourth-order valence-corrected chi connectivity index (χ4v) is 0.936. The second-order valence-corrected chi connectivity index (χ2v) is 3.42. The highest BCUT2D eigenvalue weighted by Crippen LogP contribution is 2.13. The Morgan fingerprint density at radius 2 is 1.45 bits per heavy atom. The molecule has 2 N–H and O–H groups in total. The number of halogens is 3. The van der Waals surface area contributed by atoms with Crippen LogP contribution < -0.4 is 5.32 Å². The predicted molar refractivity (Wildman–Crippen MR) is 59.2 cm³/mol. The third-order valence-corrected chi connectivity index (χ3v) is 1.76. The molecule has 20 heavy (non-hydrogen) atoms. The number of aliphatic carboxylic acids is 1. The van der Waals surface area contributed by atoms with Crippen molar-refractivity contribution < 1.29 is 42.1 Å². The van der Waals surface area contributed by atoms with Crippen LogP contribution in [-0.4, -0.2) is 69.3 Å². The molecule has 0 aromatic rings. The molecule has 0 saturated carbocycles. The molecular weight excluding hydrogens is 287 g/mol. The largest absolute Gasteiger partial charge is 0.480 e. The molecule has 118 valence electrons. The van der Waals surface area contributed by atoms with Crippen molar-refractivity contribution in [3.63, 3.8) is 0 Å². The van der Waals surface area contributed by atoms with Crippen molar-refractivity contribution in [1.82, 2.24) is 5.32 Å². The molecule has 0 spiro atoms. The Morgan fingerprint density at radius 3 is 1.95 bits per heavy atom. The summed E-state index contributed by atoms with van der Waals surface area (Å²) in [6.45, 7) is -0.0978. The SMILES string of the molecule is O=C(O)COCCOCCOCCNC(=O)C(F)(F)F. The number of ether oxygens (including phenoxy) is 3. The number of hydrogen-bond acceptors (Lipinski definition) is 5. The Hall–Kier alpha value is -1.39. The van der Waals surface area contributed by atoms with Crippen molar-refractivity contribution in [2.24, 2.45) is 0 Å². The molecule has 0 atom stereocenters. The number of alkyl halides is 3. The van der Waals surface area contributed by atoms with Crippen LogP contribution in [0.25, 0.3) is 0 Å². The first kappa shape index (κ1) is 18.6. The first-order valence-corrected chi connectivity index (χ1v) is 5.64. The first-order valence-electron chi connectivity index (χ1n) is 5.64. The minimum absolute atomic E-state index is 0.0688. The van der Waals surface area contributed by atoms with Gasteiger partial charge in [-0.15, -0.1) is 0 Å². The second-order valence-electron chi connectivity index (χ2n) is 3.42. The highest BCUT2D eigenvalue weighted by atomic mass is 19.4. The number of hydrogen-bond donors (Lipinski definition) is 2. The minimum Gasteiger partial charge on any atom is -0.480 e. The van der Waals surface area contributed by atoms with Crippen LogP contribution in [0.4, 0.5) is 13.2 Å². The van der Waals surface area contributed by atoms with E-state index in [0.29, 0.717) is 0 Å². The maximum atomic E-state index is 11.8. The maximum absolute atomic E-state index is 11.8. The number of nitrogens with one attached hydrogen (secondary N) is 1. The summed E-state index contributed by atoms with van der Waals surface area (Å²) >= 11 is 0. The third-order valence-electron chi connectivity index (χ3n) is 1.76. The minimum atomic E-state index is -4.89. The molecule has 1 amide bonds. The maximum Gasteiger partial charge on any atom is 0.471 e. The lowest BCUT2D eigenvalue weighted by molar-refractivity contribution is -0.173. The molecule has 0 bridgehead atoms. The number of carboxylic acids is 1. The van der Waals surface area contributed by atoms with Crippen molar-refractivity contribution in [1.29, 1.82) is 0 Å². The van der Waals surface area contributed by atoms with Crippen LogP contribution in [-0.2, 0) is 23.8 Å². The molecular formula is C10H16F3NO6. The molecule has 7 nitrogen and oxygen atoms in total. The van der Waals surface area contributed by atoms with E-state index in [9.17, 15) is 22.8 Å². The van der Waals surface area contributed by atoms with Crippen molar-refractivity contribution in [2.75, 3.05) is 46.2 Å². The number of carboxylic acid groups (broad SMARTS) is 1. The smallest absolute Gasteiger partial charge is 0.471 e. The van der Waals surface area contributed by atoms with Gasteiger partial charge in [0.25, 0.3) is 0 Å². The lowest BCUT2D eigenvalue weighted by Gasteiger charge is -2.08. The van der Waals surface area contributed by atoms with Crippen LogP contribution in [0.3, 0.4) is 0 Å². The lowest BCUT2D eigenvalue weighted by Crippen LogP contribution is -2.38. The number of carbonyl (C=O) groups is 2. The molecule has 0 unspecified atom stereocenters. The van der Waals surface area contributed by atoms with Crippen LogP contribution in [0.5, 0.6) is 0 Å². The van der Waals surface area contributed by atoms with Gasteiger partial charge in [0.05, 0.1) is 33.0 Å². The molecule has 0 radical (unpaired) electrons. The van der Waals surface area contributed by atoms with Crippen molar-refractivity contribution in [2.45, 2.75) is 6.18 Å². The standard InChI is InChI=1S/C10H16F3NO6/c11-10(12,13)9(17)14-1-2-18-3-4-19-5-6-20-7-8(15)16/h1-7H2,(H,14,17)(H,15,16). The highest BCUT2D eigenvalue weighted by Gasteiger charge is 2.38. The fourth-order valence-electron chi connectivity index (χ4n) is 0.936. The van der Waals surface area contributed by atoms with Gasteiger partial charge in [-0.1, -0.05) is 0 Å². The zero-order valence-corrected chi connectivity index (χ0v) is 10.6. The second kappa shape index (κ2) is 10.4. The van der Waals surface area contributed by atoms with Crippen LogP contribution in [0.1, 0.15) is 0 Å². The van der Waals surface area contributed by atoms with Crippen LogP contribution in [0, 0.1) is 0 Å². The highest BCUT2D eigenvalue weighted by molar-refractivity contribution is 5.81. The number of amides is 1. The van der Waals surface area contributed by atoms with Gasteiger partial charge >= 0.3 is 18.1 Å². The summed E-state index contributed by atoms with van der Waals surface area (Å²) in [5, 5.41) is 9.89. The Morgan fingerprint density at radius 1 is 0.950 bits per heavy atom. The Kier molecular flexibility index (Phi) is 9.68. The Bertz CT molecular complexity index is 297. The molecule has 0 saturated heterocycles. The van der Waals surface area contributed by atoms with Crippen molar-refractivity contribution in [3.05, 3.63) is 0 Å². The quantitative estimate of drug-likeness (QED) is 0.513. The van der Waals surface area contributed by atoms with Gasteiger partial charge in [-0.3, -0.25) is 4.79 Å². The van der Waals surface area contributed by atoms with Crippen molar-refractivity contribution >= 4 is 11.9 Å². The summed E-state index contributed by atoms with van der Waals surface area (Å²) < 4.78 is 49.8. The summed E-state index contributed by atoms with van der Waals surface area (Å²) in [4.78, 5) is 20.4. The number of rotatable bonds is 11. The van der Waals surface area contributed by atoms with Gasteiger partial charge in [0, 0.05) is 6.54 Å². The zero-order chi connectivity index (χ0) is 15.4. The molecule has 0 heterocycles. The van der Waals surface area contributed by atoms with Gasteiger partial charge in [-0.05, 0) is 0 Å². The van der Waals surface area contributed by atoms with Gasteiger partial charge in [0.15, 0.2) is 0 Å². The summed E-state index contributed by atoms with van der Waals surface area (Å²) in [6.07, 6.45) is -4.89. The summed E-state index contributed by atoms with van der Waals surface area (Å²) in [5.74, 6) is -3.08. The van der Waals surface area contributed by atoms with E-state index < -0.39 is 24.7 Å². The lowest BCUT2D eigenvalue weighted by atomic mass is 10.5. The summed E-state index contributed by atoms with van der Waals surface area (Å²) in [7, 11) is 0. The average molecular weight is 303 g/mol. The van der Waals surface area contributed by atoms with E-state index >= 15 is 0 Å². The molecule has 0 aliphatic heterocycles. The average Bonchev–Trinajstić information content (AvgIpc) is 2.34. The van der Waals surface area contributed by atoms with Crippen molar-refractivity contribution in [3.8, 4) is 0 Å². The zero-order valence-electron chi connectivity index (χ0n) is 10.6. The van der Waals surface area contributed by atoms with Crippen LogP contribution >= 0.6 is 0 Å². The van der Waals surface area contributed by atoms with Crippen LogP contribution in [0.2, 0.25) is 0 Å². The Labute approximate surface area is 113 Å². The van der Waals surface area contributed by atoms with E-state index in [1.54, 1.807) is 5.32 Å². The van der Waals surface area contributed by atoms with Gasteiger partial charge in [0.2, 0.25) is 0 Å². The van der Waals surface area contributed by atoms with Crippen LogP contribution in [0.15, 0.2) is 0 Å². The predicted octanol–water partition coefficient (Wildman–Crippen LogP) is -0.201. The van der Waals surface area contributed by atoms with Gasteiger partial charge < -0.3 is 24.6 Å². The summed E-state index contributed by atoms with van der Waals surface area (Å²) in [5.41, 5.74) is 0. The molecule has 0 aliphatic carbocycles. The third kappa shape index (κ3) is 11.7. The molecule has 0 fully saturated rings.